The lowest BCUT2D eigenvalue weighted by molar-refractivity contribution is 0.424. The van der Waals surface area contributed by atoms with Crippen molar-refractivity contribution in [2.75, 3.05) is 0 Å². The van der Waals surface area contributed by atoms with Gasteiger partial charge in [-0.1, -0.05) is 53.8 Å². The molecule has 160 valence electrons. The highest BCUT2D eigenvalue weighted by Crippen LogP contribution is 2.53. The Morgan fingerprint density at radius 1 is 0.900 bits per heavy atom. The summed E-state index contributed by atoms with van der Waals surface area (Å²) in [6.45, 7) is 12.5. The fourth-order valence-corrected chi connectivity index (χ4v) is 5.61. The van der Waals surface area contributed by atoms with Crippen LogP contribution in [0.5, 0.6) is 11.5 Å². The Bertz CT molecular complexity index is 1040. The molecule has 1 aromatic heterocycles. The van der Waals surface area contributed by atoms with E-state index >= 15 is 0 Å². The zero-order valence-electron chi connectivity index (χ0n) is 18.4. The summed E-state index contributed by atoms with van der Waals surface area (Å²) in [5.74, 6) is 1.02. The minimum absolute atomic E-state index is 0.235. The van der Waals surface area contributed by atoms with Crippen LogP contribution in [-0.2, 0) is 22.6 Å². The second kappa shape index (κ2) is 8.11. The van der Waals surface area contributed by atoms with E-state index in [9.17, 15) is 5.11 Å². The largest absolute Gasteiger partial charge is 0.507 e. The van der Waals surface area contributed by atoms with Crippen LogP contribution in [0, 0.1) is 0 Å². The highest BCUT2D eigenvalue weighted by molar-refractivity contribution is 8.64. The van der Waals surface area contributed by atoms with Gasteiger partial charge < -0.3 is 14.2 Å². The van der Waals surface area contributed by atoms with Crippen molar-refractivity contribution in [2.45, 2.75) is 52.4 Å². The lowest BCUT2D eigenvalue weighted by Gasteiger charge is -2.30. The zero-order valence-corrected chi connectivity index (χ0v) is 21.0. The first-order valence-corrected chi connectivity index (χ1v) is 13.8. The summed E-state index contributed by atoms with van der Waals surface area (Å²) in [5.41, 5.74) is -0.342. The van der Waals surface area contributed by atoms with E-state index < -0.39 is 5.47 Å². The summed E-state index contributed by atoms with van der Waals surface area (Å²) < 4.78 is 8.27. The Hall–Kier alpha value is -1.68. The number of aromatic hydroxyl groups is 1. The average molecular weight is 460 g/mol. The molecular weight excluding hydrogens is 429 g/mol. The number of benzene rings is 2. The van der Waals surface area contributed by atoms with Gasteiger partial charge in [0.2, 0.25) is 0 Å². The Morgan fingerprint density at radius 3 is 1.80 bits per heavy atom. The van der Waals surface area contributed by atoms with Crippen molar-refractivity contribution >= 4 is 34.8 Å². The average Bonchev–Trinajstić information content (AvgIpc) is 3.14. The molecule has 0 amide bonds. The SMILES string of the molecule is CC(C)(C)c1cc(P(=S)(S)Oc2ccc(-n3cccc3)cc2)cc(C(C)(C)C)c1O. The summed E-state index contributed by atoms with van der Waals surface area (Å²) in [4.78, 5) is 0. The van der Waals surface area contributed by atoms with Crippen molar-refractivity contribution in [1.82, 2.24) is 4.57 Å². The molecule has 3 rings (SSSR count). The minimum atomic E-state index is -2.64. The van der Waals surface area contributed by atoms with E-state index in [0.29, 0.717) is 11.5 Å². The highest BCUT2D eigenvalue weighted by atomic mass is 32.9. The predicted octanol–water partition coefficient (Wildman–Crippen LogP) is 6.72. The number of thiol groups is 1. The molecule has 0 aliphatic rings. The maximum absolute atomic E-state index is 11.0. The number of nitrogens with zero attached hydrogens (tertiary/aromatic N) is 1. The molecule has 0 saturated heterocycles. The summed E-state index contributed by atoms with van der Waals surface area (Å²) in [7, 11) is 0. The van der Waals surface area contributed by atoms with Crippen molar-refractivity contribution in [3.63, 3.8) is 0 Å². The van der Waals surface area contributed by atoms with Crippen LogP contribution < -0.4 is 9.83 Å². The molecule has 0 saturated carbocycles. The third-order valence-electron chi connectivity index (χ3n) is 5.01. The summed E-state index contributed by atoms with van der Waals surface area (Å²) >= 11 is 10.7. The topological polar surface area (TPSA) is 34.4 Å². The standard InChI is InChI=1S/C24H30NO2PS2/c1-23(2,3)20-15-19(16-21(22(20)26)24(4,5)6)28(29,30)27-18-11-9-17(10-12-18)25-13-7-8-14-25/h7-16,26H,1-6H3,(H,29,30). The fourth-order valence-electron chi connectivity index (χ4n) is 3.31. The van der Waals surface area contributed by atoms with E-state index in [1.165, 1.54) is 0 Å². The van der Waals surface area contributed by atoms with E-state index in [1.807, 2.05) is 65.5 Å². The smallest absolute Gasteiger partial charge is 0.193 e. The molecule has 3 nitrogen and oxygen atoms in total. The summed E-state index contributed by atoms with van der Waals surface area (Å²) in [6, 6.07) is 15.7. The van der Waals surface area contributed by atoms with Crippen LogP contribution in [0.3, 0.4) is 0 Å². The van der Waals surface area contributed by atoms with E-state index in [4.69, 9.17) is 28.6 Å². The Labute approximate surface area is 190 Å². The Balaban J connectivity index is 2.00. The molecule has 1 N–H and O–H groups in total. The lowest BCUT2D eigenvalue weighted by atomic mass is 9.79. The van der Waals surface area contributed by atoms with E-state index in [2.05, 4.69) is 41.5 Å². The van der Waals surface area contributed by atoms with Gasteiger partial charge in [0.1, 0.15) is 11.5 Å². The van der Waals surface area contributed by atoms with Crippen LogP contribution in [-0.4, -0.2) is 9.67 Å². The van der Waals surface area contributed by atoms with E-state index in [-0.39, 0.29) is 10.8 Å². The maximum atomic E-state index is 11.0. The highest BCUT2D eigenvalue weighted by Gasteiger charge is 2.30. The van der Waals surface area contributed by atoms with Crippen molar-refractivity contribution in [1.29, 1.82) is 0 Å². The van der Waals surface area contributed by atoms with E-state index in [0.717, 1.165) is 22.1 Å². The number of phenolic OH excluding ortho intramolecular Hbond substituents is 1. The van der Waals surface area contributed by atoms with Gasteiger partial charge >= 0.3 is 0 Å². The van der Waals surface area contributed by atoms with Gasteiger partial charge in [-0.25, -0.2) is 0 Å². The predicted molar refractivity (Wildman–Crippen MR) is 135 cm³/mol. The molecule has 30 heavy (non-hydrogen) atoms. The van der Waals surface area contributed by atoms with Gasteiger partial charge in [0.15, 0.2) is 5.47 Å². The first-order chi connectivity index (χ1) is 13.8. The van der Waals surface area contributed by atoms with Crippen LogP contribution >= 0.6 is 17.7 Å². The Morgan fingerprint density at radius 2 is 1.37 bits per heavy atom. The molecule has 0 fully saturated rings. The first-order valence-electron chi connectivity index (χ1n) is 9.93. The molecule has 6 heteroatoms. The molecular formula is C24H30NO2PS2. The third kappa shape index (κ3) is 4.96. The van der Waals surface area contributed by atoms with Crippen molar-refractivity contribution < 1.29 is 9.63 Å². The molecule has 0 spiro atoms. The lowest BCUT2D eigenvalue weighted by Crippen LogP contribution is -2.21. The second-order valence-corrected chi connectivity index (χ2v) is 15.4. The second-order valence-electron chi connectivity index (χ2n) is 9.59. The molecule has 3 aromatic rings. The quantitative estimate of drug-likeness (QED) is 0.336. The summed E-state index contributed by atoms with van der Waals surface area (Å²) in [6.07, 6.45) is 3.99. The van der Waals surface area contributed by atoms with Crippen molar-refractivity contribution in [3.8, 4) is 17.2 Å². The number of hydrogen-bond acceptors (Lipinski definition) is 3. The van der Waals surface area contributed by atoms with Gasteiger partial charge in [-0.15, -0.1) is 0 Å². The van der Waals surface area contributed by atoms with Gasteiger partial charge in [-0.3, -0.25) is 0 Å². The van der Waals surface area contributed by atoms with Crippen LogP contribution in [0.25, 0.3) is 5.69 Å². The maximum Gasteiger partial charge on any atom is 0.193 e. The van der Waals surface area contributed by atoms with Crippen LogP contribution in [0.1, 0.15) is 52.7 Å². The molecule has 0 aliphatic heterocycles. The van der Waals surface area contributed by atoms with Crippen LogP contribution in [0.4, 0.5) is 0 Å². The zero-order chi connectivity index (χ0) is 22.3. The number of rotatable bonds is 4. The monoisotopic (exact) mass is 459 g/mol. The molecule has 1 atom stereocenters. The van der Waals surface area contributed by atoms with Gasteiger partial charge in [0, 0.05) is 34.5 Å². The van der Waals surface area contributed by atoms with Crippen molar-refractivity contribution in [2.24, 2.45) is 0 Å². The van der Waals surface area contributed by atoms with Gasteiger partial charge in [-0.2, -0.15) is 0 Å². The molecule has 1 heterocycles. The molecule has 2 aromatic carbocycles. The van der Waals surface area contributed by atoms with Gasteiger partial charge in [0.25, 0.3) is 0 Å². The molecule has 0 aliphatic carbocycles. The van der Waals surface area contributed by atoms with E-state index in [1.54, 1.807) is 0 Å². The van der Waals surface area contributed by atoms with Crippen LogP contribution in [0.15, 0.2) is 60.9 Å². The minimum Gasteiger partial charge on any atom is -0.507 e. The summed E-state index contributed by atoms with van der Waals surface area (Å²) in [5, 5.41) is 11.8. The Kier molecular flexibility index (Phi) is 6.21. The fraction of sp³-hybridized carbons (Fsp3) is 0.333. The normalized spacial score (nSPS) is 14.4. The number of hydrogen-bond donors (Lipinski definition) is 2. The van der Waals surface area contributed by atoms with Crippen LogP contribution in [0.2, 0.25) is 0 Å². The first kappa shape index (κ1) is 23.0. The van der Waals surface area contributed by atoms with Crippen molar-refractivity contribution in [3.05, 3.63) is 72.1 Å². The van der Waals surface area contributed by atoms with Gasteiger partial charge in [-0.05, 0) is 71.2 Å². The third-order valence-corrected chi connectivity index (χ3v) is 8.17. The molecule has 0 radical (unpaired) electrons. The van der Waals surface area contributed by atoms with Gasteiger partial charge in [0.05, 0.1) is 0 Å². The number of phenols is 1. The molecule has 0 bridgehead atoms. The number of aromatic nitrogens is 1. The molecule has 1 unspecified atom stereocenters.